The number of carbonyl (C=O) groups excluding carboxylic acids is 1. The van der Waals surface area contributed by atoms with Gasteiger partial charge in [0.25, 0.3) is 0 Å². The van der Waals surface area contributed by atoms with E-state index in [1.165, 1.54) is 0 Å². The van der Waals surface area contributed by atoms with Crippen LogP contribution < -0.4 is 0 Å². The summed E-state index contributed by atoms with van der Waals surface area (Å²) in [6.45, 7) is 2.20. The molecule has 1 aromatic rings. The molecule has 0 radical (unpaired) electrons. The van der Waals surface area contributed by atoms with Crippen molar-refractivity contribution in [1.29, 1.82) is 0 Å². The summed E-state index contributed by atoms with van der Waals surface area (Å²) in [5.74, 6) is 0.807. The maximum atomic E-state index is 12.5. The molecule has 128 valence electrons. The van der Waals surface area contributed by atoms with Crippen molar-refractivity contribution in [2.75, 3.05) is 31.6 Å². The van der Waals surface area contributed by atoms with Gasteiger partial charge in [0.2, 0.25) is 5.91 Å². The lowest BCUT2D eigenvalue weighted by Gasteiger charge is -2.36. The third-order valence-electron chi connectivity index (χ3n) is 4.98. The van der Waals surface area contributed by atoms with Gasteiger partial charge in [0.15, 0.2) is 9.84 Å². The molecule has 1 amide bonds. The Morgan fingerprint density at radius 2 is 2.09 bits per heavy atom. The quantitative estimate of drug-likeness (QED) is 0.822. The van der Waals surface area contributed by atoms with E-state index in [9.17, 15) is 13.2 Å². The van der Waals surface area contributed by atoms with Crippen LogP contribution in [0.2, 0.25) is 0 Å². The van der Waals surface area contributed by atoms with Crippen molar-refractivity contribution in [3.63, 3.8) is 0 Å². The van der Waals surface area contributed by atoms with E-state index in [1.807, 2.05) is 13.1 Å². The molecular formula is C16H24N2O4S. The third kappa shape index (κ3) is 3.95. The average Bonchev–Trinajstić information content (AvgIpc) is 3.16. The molecule has 3 rings (SSSR count). The van der Waals surface area contributed by atoms with Crippen molar-refractivity contribution in [3.05, 3.63) is 24.2 Å². The number of sulfone groups is 1. The highest BCUT2D eigenvalue weighted by molar-refractivity contribution is 7.91. The van der Waals surface area contributed by atoms with Crippen LogP contribution in [-0.2, 0) is 21.2 Å². The second kappa shape index (κ2) is 6.65. The Morgan fingerprint density at radius 3 is 2.65 bits per heavy atom. The van der Waals surface area contributed by atoms with Crippen LogP contribution in [-0.4, -0.2) is 61.8 Å². The molecule has 0 spiro atoms. The Bertz CT molecular complexity index is 633. The lowest BCUT2D eigenvalue weighted by Crippen LogP contribution is -2.45. The van der Waals surface area contributed by atoms with E-state index in [1.54, 1.807) is 17.4 Å². The molecule has 2 aliphatic heterocycles. The summed E-state index contributed by atoms with van der Waals surface area (Å²) in [6, 6.07) is 2.02. The number of hydrogen-bond acceptors (Lipinski definition) is 5. The van der Waals surface area contributed by atoms with E-state index in [-0.39, 0.29) is 23.6 Å². The van der Waals surface area contributed by atoms with E-state index in [4.69, 9.17) is 4.42 Å². The fourth-order valence-corrected chi connectivity index (χ4v) is 5.38. The fourth-order valence-electron chi connectivity index (χ4n) is 3.62. The Labute approximate surface area is 137 Å². The molecule has 0 aliphatic carbocycles. The molecule has 3 heterocycles. The molecule has 0 bridgehead atoms. The number of likely N-dealkylation sites (tertiary alicyclic amines) is 1. The molecule has 7 heteroatoms. The van der Waals surface area contributed by atoms with Crippen LogP contribution in [0.1, 0.15) is 24.8 Å². The summed E-state index contributed by atoms with van der Waals surface area (Å²) in [6.07, 6.45) is 5.63. The van der Waals surface area contributed by atoms with Crippen LogP contribution in [0.3, 0.4) is 0 Å². The number of nitrogens with zero attached hydrogens (tertiary/aromatic N) is 2. The zero-order valence-corrected chi connectivity index (χ0v) is 14.3. The van der Waals surface area contributed by atoms with Gasteiger partial charge in [-0.25, -0.2) is 8.42 Å². The minimum atomic E-state index is -2.84. The lowest BCUT2D eigenvalue weighted by atomic mass is 9.94. The summed E-state index contributed by atoms with van der Waals surface area (Å²) in [4.78, 5) is 16.5. The highest BCUT2D eigenvalue weighted by Crippen LogP contribution is 2.25. The molecule has 1 unspecified atom stereocenters. The topological polar surface area (TPSA) is 70.8 Å². The second-order valence-corrected chi connectivity index (χ2v) is 8.92. The zero-order valence-electron chi connectivity index (χ0n) is 13.5. The van der Waals surface area contributed by atoms with Crippen LogP contribution in [0, 0.1) is 5.92 Å². The van der Waals surface area contributed by atoms with E-state index >= 15 is 0 Å². The molecule has 6 nitrogen and oxygen atoms in total. The number of hydrogen-bond donors (Lipinski definition) is 0. The van der Waals surface area contributed by atoms with Gasteiger partial charge in [-0.1, -0.05) is 0 Å². The first-order valence-electron chi connectivity index (χ1n) is 8.15. The number of carbonyl (C=O) groups is 1. The number of amides is 1. The van der Waals surface area contributed by atoms with Crippen LogP contribution in [0.25, 0.3) is 0 Å². The molecule has 2 saturated heterocycles. The fraction of sp³-hybridized carbons (Fsp3) is 0.688. The minimum Gasteiger partial charge on any atom is -0.472 e. The second-order valence-electron chi connectivity index (χ2n) is 6.69. The average molecular weight is 340 g/mol. The lowest BCUT2D eigenvalue weighted by molar-refractivity contribution is -0.136. The van der Waals surface area contributed by atoms with Crippen molar-refractivity contribution in [3.8, 4) is 0 Å². The first-order chi connectivity index (χ1) is 10.9. The molecule has 1 aromatic heterocycles. The maximum absolute atomic E-state index is 12.5. The van der Waals surface area contributed by atoms with Crippen molar-refractivity contribution >= 4 is 15.7 Å². The zero-order chi connectivity index (χ0) is 16.4. The van der Waals surface area contributed by atoms with Crippen molar-refractivity contribution in [1.82, 2.24) is 9.80 Å². The van der Waals surface area contributed by atoms with E-state index in [0.29, 0.717) is 12.3 Å². The highest BCUT2D eigenvalue weighted by atomic mass is 32.2. The van der Waals surface area contributed by atoms with Crippen molar-refractivity contribution in [2.24, 2.45) is 5.92 Å². The first-order valence-corrected chi connectivity index (χ1v) is 9.97. The first kappa shape index (κ1) is 16.5. The molecule has 0 aromatic carbocycles. The van der Waals surface area contributed by atoms with E-state index < -0.39 is 9.84 Å². The molecule has 0 N–H and O–H groups in total. The Hall–Kier alpha value is -1.34. The van der Waals surface area contributed by atoms with Gasteiger partial charge in [0.05, 0.1) is 24.0 Å². The molecular weight excluding hydrogens is 316 g/mol. The standard InChI is InChI=1S/C16H24N2O4S/c1-17(10-13-4-8-22-11-13)16(19)14-2-6-18(7-3-14)15-5-9-23(20,21)12-15/h4,8,11,14-15H,2-3,5-7,9-10,12H2,1H3. The minimum absolute atomic E-state index is 0.0427. The van der Waals surface area contributed by atoms with E-state index in [0.717, 1.165) is 37.9 Å². The Kier molecular flexibility index (Phi) is 4.77. The van der Waals surface area contributed by atoms with Gasteiger partial charge < -0.3 is 9.32 Å². The largest absolute Gasteiger partial charge is 0.472 e. The van der Waals surface area contributed by atoms with Crippen LogP contribution in [0.5, 0.6) is 0 Å². The summed E-state index contributed by atoms with van der Waals surface area (Å²) < 4.78 is 28.2. The Morgan fingerprint density at radius 1 is 1.35 bits per heavy atom. The van der Waals surface area contributed by atoms with Crippen LogP contribution in [0.15, 0.2) is 23.0 Å². The van der Waals surface area contributed by atoms with Gasteiger partial charge in [-0.05, 0) is 38.4 Å². The molecule has 1 atom stereocenters. The number of piperidine rings is 1. The van der Waals surface area contributed by atoms with Crippen molar-refractivity contribution < 1.29 is 17.6 Å². The normalized spacial score (nSPS) is 25.5. The molecule has 23 heavy (non-hydrogen) atoms. The maximum Gasteiger partial charge on any atom is 0.225 e. The summed E-state index contributed by atoms with van der Waals surface area (Å²) in [5, 5.41) is 0. The van der Waals surface area contributed by atoms with Gasteiger partial charge in [0, 0.05) is 31.1 Å². The van der Waals surface area contributed by atoms with Gasteiger partial charge in [-0.3, -0.25) is 9.69 Å². The molecule has 0 saturated carbocycles. The molecule has 2 aliphatic rings. The third-order valence-corrected chi connectivity index (χ3v) is 6.73. The smallest absolute Gasteiger partial charge is 0.225 e. The summed E-state index contributed by atoms with van der Waals surface area (Å²) in [7, 11) is -1.02. The Balaban J connectivity index is 1.49. The summed E-state index contributed by atoms with van der Waals surface area (Å²) in [5.41, 5.74) is 0.995. The number of rotatable bonds is 4. The summed E-state index contributed by atoms with van der Waals surface area (Å²) >= 11 is 0. The van der Waals surface area contributed by atoms with Gasteiger partial charge >= 0.3 is 0 Å². The van der Waals surface area contributed by atoms with Crippen molar-refractivity contribution in [2.45, 2.75) is 31.8 Å². The number of furan rings is 1. The monoisotopic (exact) mass is 340 g/mol. The predicted molar refractivity (Wildman–Crippen MR) is 86.5 cm³/mol. The predicted octanol–water partition coefficient (Wildman–Crippen LogP) is 1.14. The van der Waals surface area contributed by atoms with Crippen LogP contribution >= 0.6 is 0 Å². The van der Waals surface area contributed by atoms with Gasteiger partial charge in [-0.15, -0.1) is 0 Å². The van der Waals surface area contributed by atoms with Gasteiger partial charge in [0.1, 0.15) is 0 Å². The van der Waals surface area contributed by atoms with E-state index in [2.05, 4.69) is 4.90 Å². The SMILES string of the molecule is CN(Cc1ccoc1)C(=O)C1CCN(C2CCS(=O)(=O)C2)CC1. The molecule has 2 fully saturated rings. The van der Waals surface area contributed by atoms with Gasteiger partial charge in [-0.2, -0.15) is 0 Å². The highest BCUT2D eigenvalue weighted by Gasteiger charge is 2.35. The van der Waals surface area contributed by atoms with Crippen LogP contribution in [0.4, 0.5) is 0 Å².